The number of rotatable bonds is 6. The molecule has 5 nitrogen and oxygen atoms in total. The molecule has 0 radical (unpaired) electrons. The summed E-state index contributed by atoms with van der Waals surface area (Å²) in [4.78, 5) is 9.95. The summed E-state index contributed by atoms with van der Waals surface area (Å²) < 4.78 is 12.6. The van der Waals surface area contributed by atoms with Crippen LogP contribution >= 0.6 is 0 Å². The number of aryl methyl sites for hydroxylation is 2. The van der Waals surface area contributed by atoms with Gasteiger partial charge in [0, 0.05) is 65.6 Å². The van der Waals surface area contributed by atoms with Crippen molar-refractivity contribution in [2.24, 2.45) is 0 Å². The molecular weight excluding hydrogens is 824 g/mol. The van der Waals surface area contributed by atoms with E-state index in [4.69, 9.17) is 18.8 Å². The monoisotopic (exact) mass is 854 g/mol. The quantitative estimate of drug-likeness (QED) is 0.169. The number of nitrogens with zero attached hydrogens (tertiary/aromatic N) is 2. The second-order valence-corrected chi connectivity index (χ2v) is 12.8. The Labute approximate surface area is 315 Å². The van der Waals surface area contributed by atoms with Crippen LogP contribution in [0.15, 0.2) is 154 Å². The molecule has 254 valence electrons. The van der Waals surface area contributed by atoms with Crippen LogP contribution in [0.3, 0.4) is 0 Å². The summed E-state index contributed by atoms with van der Waals surface area (Å²) in [5.74, 6) is 1.74. The third-order valence-corrected chi connectivity index (χ3v) is 9.30. The molecule has 0 aliphatic carbocycles. The molecule has 0 aliphatic heterocycles. The number of phenols is 1. The topological polar surface area (TPSA) is 72.3 Å². The van der Waals surface area contributed by atoms with Crippen LogP contribution in [-0.2, 0) is 21.1 Å². The van der Waals surface area contributed by atoms with Crippen molar-refractivity contribution in [3.63, 3.8) is 0 Å². The first kappa shape index (κ1) is 33.1. The van der Waals surface area contributed by atoms with E-state index in [1.54, 1.807) is 0 Å². The molecule has 6 heteroatoms. The van der Waals surface area contributed by atoms with Gasteiger partial charge in [-0.05, 0) is 79.1 Å². The average Bonchev–Trinajstić information content (AvgIpc) is 3.81. The van der Waals surface area contributed by atoms with Crippen molar-refractivity contribution in [1.82, 2.24) is 9.97 Å². The van der Waals surface area contributed by atoms with Crippen LogP contribution in [0.4, 0.5) is 0 Å². The van der Waals surface area contributed by atoms with Crippen LogP contribution < -0.4 is 0 Å². The smallest absolute Gasteiger partial charge is 0.136 e. The number of para-hydroxylation sites is 2. The zero-order valence-electron chi connectivity index (χ0n) is 28.3. The van der Waals surface area contributed by atoms with Crippen LogP contribution in [-0.4, -0.2) is 15.1 Å². The molecule has 5 aromatic carbocycles. The molecule has 9 aromatic rings. The minimum atomic E-state index is 0. The van der Waals surface area contributed by atoms with Crippen molar-refractivity contribution in [3.8, 4) is 73.3 Å². The standard InChI is InChI=1S/C46H31N2O3.Pt/c1-28-10-8-16-38(46(28)49)41-25-34(30-11-4-3-5-12-30)24-40(48-41)32-14-9-13-31(23-32)39-26-35(22-29(2)47-39)43-21-20-42(50-43)33-18-19-37-36-15-6-7-17-44(36)51-45(37)27-33;/h3-22,24-27,49H,1-2H3;/q-1;. The number of hydrogen-bond donors (Lipinski definition) is 1. The maximum Gasteiger partial charge on any atom is 0.136 e. The summed E-state index contributed by atoms with van der Waals surface area (Å²) in [6.07, 6.45) is 0. The van der Waals surface area contributed by atoms with E-state index in [0.29, 0.717) is 11.3 Å². The van der Waals surface area contributed by atoms with Gasteiger partial charge in [-0.1, -0.05) is 90.0 Å². The molecule has 52 heavy (non-hydrogen) atoms. The predicted octanol–water partition coefficient (Wildman–Crippen LogP) is 12.1. The third kappa shape index (κ3) is 6.14. The van der Waals surface area contributed by atoms with Crippen molar-refractivity contribution in [3.05, 3.63) is 163 Å². The van der Waals surface area contributed by atoms with Gasteiger partial charge in [-0.15, -0.1) is 24.3 Å². The molecule has 0 unspecified atom stereocenters. The summed E-state index contributed by atoms with van der Waals surface area (Å²) in [6, 6.07) is 52.0. The summed E-state index contributed by atoms with van der Waals surface area (Å²) >= 11 is 0. The fraction of sp³-hybridized carbons (Fsp3) is 0.0435. The zero-order valence-corrected chi connectivity index (χ0v) is 30.6. The minimum absolute atomic E-state index is 0. The van der Waals surface area contributed by atoms with E-state index in [2.05, 4.69) is 42.5 Å². The molecule has 0 atom stereocenters. The van der Waals surface area contributed by atoms with Crippen molar-refractivity contribution >= 4 is 21.9 Å². The summed E-state index contributed by atoms with van der Waals surface area (Å²) in [6.45, 7) is 3.88. The van der Waals surface area contributed by atoms with Crippen LogP contribution in [0.2, 0.25) is 0 Å². The Kier molecular flexibility index (Phi) is 8.66. The maximum atomic E-state index is 11.0. The number of hydrogen-bond acceptors (Lipinski definition) is 5. The normalized spacial score (nSPS) is 11.2. The van der Waals surface area contributed by atoms with Gasteiger partial charge >= 0.3 is 0 Å². The van der Waals surface area contributed by atoms with Gasteiger partial charge in [0.25, 0.3) is 0 Å². The van der Waals surface area contributed by atoms with E-state index in [0.717, 1.165) is 89.5 Å². The molecule has 0 saturated carbocycles. The van der Waals surface area contributed by atoms with E-state index in [9.17, 15) is 5.11 Å². The molecule has 0 aliphatic rings. The Morgan fingerprint density at radius 1 is 0.500 bits per heavy atom. The Hall–Kier alpha value is -6.03. The van der Waals surface area contributed by atoms with E-state index in [1.807, 2.05) is 123 Å². The summed E-state index contributed by atoms with van der Waals surface area (Å²) in [7, 11) is 0. The van der Waals surface area contributed by atoms with Crippen LogP contribution in [0.1, 0.15) is 11.3 Å². The molecular formula is C46H31N2O3Pt-. The first-order valence-corrected chi connectivity index (χ1v) is 16.9. The number of benzene rings is 5. The molecule has 4 aromatic heterocycles. The fourth-order valence-corrected chi connectivity index (χ4v) is 6.71. The van der Waals surface area contributed by atoms with E-state index < -0.39 is 0 Å². The molecule has 4 heterocycles. The van der Waals surface area contributed by atoms with Gasteiger partial charge in [0.15, 0.2) is 0 Å². The van der Waals surface area contributed by atoms with Crippen molar-refractivity contribution in [2.45, 2.75) is 13.8 Å². The van der Waals surface area contributed by atoms with Crippen LogP contribution in [0.5, 0.6) is 5.75 Å². The Morgan fingerprint density at radius 3 is 2.00 bits per heavy atom. The van der Waals surface area contributed by atoms with Gasteiger partial charge in [0.05, 0.1) is 5.69 Å². The molecule has 9 rings (SSSR count). The summed E-state index contributed by atoms with van der Waals surface area (Å²) in [5.41, 5.74) is 11.9. The molecule has 0 spiro atoms. The SMILES string of the molecule is Cc1cc(-c2ccc(-c3ccc4c(c3)oc3ccccc34)o2)cc(-c2[c-]c(-c3cc(-c4ccccc4)cc(-c4cccc(C)c4O)n3)ccc2)n1.[Pt]. The van der Waals surface area contributed by atoms with Gasteiger partial charge in [0.1, 0.15) is 28.4 Å². The first-order chi connectivity index (χ1) is 25.0. The summed E-state index contributed by atoms with van der Waals surface area (Å²) in [5, 5.41) is 13.2. The van der Waals surface area contributed by atoms with E-state index in [1.165, 1.54) is 0 Å². The molecule has 0 fully saturated rings. The predicted molar refractivity (Wildman–Crippen MR) is 204 cm³/mol. The third-order valence-electron chi connectivity index (χ3n) is 9.30. The Morgan fingerprint density at radius 2 is 1.17 bits per heavy atom. The van der Waals surface area contributed by atoms with E-state index in [-0.39, 0.29) is 26.8 Å². The van der Waals surface area contributed by atoms with Crippen molar-refractivity contribution in [2.75, 3.05) is 0 Å². The molecule has 0 bridgehead atoms. The van der Waals surface area contributed by atoms with E-state index >= 15 is 0 Å². The fourth-order valence-electron chi connectivity index (χ4n) is 6.71. The van der Waals surface area contributed by atoms with Crippen molar-refractivity contribution in [1.29, 1.82) is 0 Å². The van der Waals surface area contributed by atoms with Crippen LogP contribution in [0.25, 0.3) is 89.5 Å². The molecule has 1 N–H and O–H groups in total. The van der Waals surface area contributed by atoms with Crippen molar-refractivity contribution < 1.29 is 35.0 Å². The van der Waals surface area contributed by atoms with Gasteiger partial charge in [-0.25, -0.2) is 0 Å². The largest absolute Gasteiger partial charge is 0.507 e. The maximum absolute atomic E-state index is 11.0. The minimum Gasteiger partial charge on any atom is -0.507 e. The Bertz CT molecular complexity index is 2750. The number of aromatic nitrogens is 2. The first-order valence-electron chi connectivity index (χ1n) is 16.9. The number of aromatic hydroxyl groups is 1. The Balaban J connectivity index is 0.00000387. The average molecular weight is 855 g/mol. The number of pyridine rings is 2. The van der Waals surface area contributed by atoms with Crippen LogP contribution in [0, 0.1) is 19.9 Å². The van der Waals surface area contributed by atoms with Gasteiger partial charge in [-0.2, -0.15) is 0 Å². The number of phenolic OH excluding ortho intramolecular Hbond substituents is 1. The zero-order chi connectivity index (χ0) is 34.5. The second-order valence-electron chi connectivity index (χ2n) is 12.8. The van der Waals surface area contributed by atoms with Gasteiger partial charge < -0.3 is 13.9 Å². The number of furan rings is 2. The number of fused-ring (bicyclic) bond motifs is 3. The molecule has 0 saturated heterocycles. The van der Waals surface area contributed by atoms with Gasteiger partial charge in [0.2, 0.25) is 0 Å². The van der Waals surface area contributed by atoms with Gasteiger partial charge in [-0.3, -0.25) is 9.97 Å². The second kappa shape index (κ2) is 13.6. The molecule has 0 amide bonds.